The molecular formula is C14H13FOS. The molecule has 0 amide bonds. The van der Waals surface area contributed by atoms with E-state index in [9.17, 15) is 8.60 Å². The summed E-state index contributed by atoms with van der Waals surface area (Å²) in [5.41, 5.74) is 1.82. The summed E-state index contributed by atoms with van der Waals surface area (Å²) in [6.45, 7) is 0. The van der Waals surface area contributed by atoms with Gasteiger partial charge in [-0.05, 0) is 23.3 Å². The van der Waals surface area contributed by atoms with Crippen molar-refractivity contribution in [3.05, 3.63) is 71.5 Å². The molecule has 0 aliphatic rings. The van der Waals surface area contributed by atoms with Crippen LogP contribution in [-0.4, -0.2) is 4.21 Å². The second-order valence-electron chi connectivity index (χ2n) is 3.84. The van der Waals surface area contributed by atoms with Crippen LogP contribution < -0.4 is 0 Å². The first kappa shape index (κ1) is 12.0. The van der Waals surface area contributed by atoms with Crippen LogP contribution in [0.1, 0.15) is 11.1 Å². The van der Waals surface area contributed by atoms with Crippen molar-refractivity contribution in [3.8, 4) is 0 Å². The minimum absolute atomic E-state index is 0.279. The SMILES string of the molecule is O=S(Cc1ccccc1)Cc1cccc(F)c1. The van der Waals surface area contributed by atoms with Crippen LogP contribution in [-0.2, 0) is 22.3 Å². The lowest BCUT2D eigenvalue weighted by molar-refractivity contribution is 0.626. The number of hydrogen-bond donors (Lipinski definition) is 0. The molecule has 0 radical (unpaired) electrons. The van der Waals surface area contributed by atoms with Crippen LogP contribution >= 0.6 is 0 Å². The summed E-state index contributed by atoms with van der Waals surface area (Å²) in [6, 6.07) is 15.9. The highest BCUT2D eigenvalue weighted by molar-refractivity contribution is 7.83. The Morgan fingerprint density at radius 1 is 0.882 bits per heavy atom. The number of halogens is 1. The van der Waals surface area contributed by atoms with Gasteiger partial charge < -0.3 is 0 Å². The molecule has 0 heterocycles. The van der Waals surface area contributed by atoms with Crippen molar-refractivity contribution < 1.29 is 8.60 Å². The molecule has 0 aliphatic heterocycles. The van der Waals surface area contributed by atoms with Gasteiger partial charge >= 0.3 is 0 Å². The van der Waals surface area contributed by atoms with Gasteiger partial charge in [-0.15, -0.1) is 0 Å². The number of hydrogen-bond acceptors (Lipinski definition) is 1. The summed E-state index contributed by atoms with van der Waals surface area (Å²) in [5.74, 6) is 0.628. The maximum atomic E-state index is 12.9. The molecule has 2 rings (SSSR count). The molecule has 1 nitrogen and oxygen atoms in total. The average molecular weight is 248 g/mol. The van der Waals surface area contributed by atoms with E-state index in [-0.39, 0.29) is 5.82 Å². The Kier molecular flexibility index (Phi) is 4.04. The summed E-state index contributed by atoms with van der Waals surface area (Å²) >= 11 is 0. The summed E-state index contributed by atoms with van der Waals surface area (Å²) in [5, 5.41) is 0. The Morgan fingerprint density at radius 2 is 1.53 bits per heavy atom. The molecule has 1 unspecified atom stereocenters. The fourth-order valence-corrected chi connectivity index (χ4v) is 2.84. The summed E-state index contributed by atoms with van der Waals surface area (Å²) < 4.78 is 24.8. The highest BCUT2D eigenvalue weighted by Crippen LogP contribution is 2.10. The molecule has 1 atom stereocenters. The van der Waals surface area contributed by atoms with E-state index in [1.54, 1.807) is 12.1 Å². The minimum Gasteiger partial charge on any atom is -0.259 e. The van der Waals surface area contributed by atoms with Gasteiger partial charge in [0.25, 0.3) is 0 Å². The van der Waals surface area contributed by atoms with E-state index in [1.807, 2.05) is 30.3 Å². The highest BCUT2D eigenvalue weighted by atomic mass is 32.2. The summed E-state index contributed by atoms with van der Waals surface area (Å²) in [7, 11) is -0.997. The third-order valence-electron chi connectivity index (χ3n) is 2.39. The molecule has 0 fully saturated rings. The third kappa shape index (κ3) is 3.79. The lowest BCUT2D eigenvalue weighted by Gasteiger charge is -2.03. The van der Waals surface area contributed by atoms with Gasteiger partial charge in [-0.2, -0.15) is 0 Å². The quantitative estimate of drug-likeness (QED) is 0.811. The van der Waals surface area contributed by atoms with Crippen LogP contribution in [0.15, 0.2) is 54.6 Å². The lowest BCUT2D eigenvalue weighted by atomic mass is 10.2. The first-order chi connectivity index (χ1) is 8.24. The van der Waals surface area contributed by atoms with Gasteiger partial charge in [-0.25, -0.2) is 4.39 Å². The fraction of sp³-hybridized carbons (Fsp3) is 0.143. The maximum Gasteiger partial charge on any atom is 0.123 e. The van der Waals surface area contributed by atoms with Crippen molar-refractivity contribution in [3.63, 3.8) is 0 Å². The molecule has 2 aromatic rings. The molecule has 0 aliphatic carbocycles. The Morgan fingerprint density at radius 3 is 2.24 bits per heavy atom. The molecular weight excluding hydrogens is 235 g/mol. The van der Waals surface area contributed by atoms with Gasteiger partial charge in [0.05, 0.1) is 0 Å². The minimum atomic E-state index is -0.997. The normalized spacial score (nSPS) is 12.3. The molecule has 0 saturated carbocycles. The van der Waals surface area contributed by atoms with Crippen molar-refractivity contribution in [2.24, 2.45) is 0 Å². The van der Waals surface area contributed by atoms with Gasteiger partial charge in [-0.3, -0.25) is 4.21 Å². The zero-order valence-corrected chi connectivity index (χ0v) is 10.1. The Hall–Kier alpha value is -1.48. The number of benzene rings is 2. The molecule has 0 saturated heterocycles. The second-order valence-corrected chi connectivity index (χ2v) is 5.30. The monoisotopic (exact) mass is 248 g/mol. The highest BCUT2D eigenvalue weighted by Gasteiger charge is 2.03. The smallest absolute Gasteiger partial charge is 0.123 e. The molecule has 3 heteroatoms. The first-order valence-corrected chi connectivity index (χ1v) is 6.86. The zero-order chi connectivity index (χ0) is 12.1. The van der Waals surface area contributed by atoms with E-state index in [0.717, 1.165) is 11.1 Å². The molecule has 0 bridgehead atoms. The standard InChI is InChI=1S/C14H13FOS/c15-14-8-4-7-13(9-14)11-17(16)10-12-5-2-1-3-6-12/h1-9H,10-11H2. The molecule has 0 N–H and O–H groups in total. The van der Waals surface area contributed by atoms with E-state index in [4.69, 9.17) is 0 Å². The van der Waals surface area contributed by atoms with Gasteiger partial charge in [-0.1, -0.05) is 42.5 Å². The second kappa shape index (κ2) is 5.73. The van der Waals surface area contributed by atoms with E-state index in [0.29, 0.717) is 11.5 Å². The topological polar surface area (TPSA) is 17.1 Å². The van der Waals surface area contributed by atoms with Crippen molar-refractivity contribution in [2.45, 2.75) is 11.5 Å². The van der Waals surface area contributed by atoms with Crippen LogP contribution in [0.5, 0.6) is 0 Å². The van der Waals surface area contributed by atoms with Crippen LogP contribution in [0, 0.1) is 5.82 Å². The maximum absolute atomic E-state index is 12.9. The molecule has 88 valence electrons. The van der Waals surface area contributed by atoms with Crippen LogP contribution in [0.2, 0.25) is 0 Å². The Balaban J connectivity index is 1.98. The summed E-state index contributed by atoms with van der Waals surface area (Å²) in [4.78, 5) is 0. The predicted molar refractivity (Wildman–Crippen MR) is 68.4 cm³/mol. The van der Waals surface area contributed by atoms with Crippen molar-refractivity contribution >= 4 is 10.8 Å². The molecule has 0 spiro atoms. The van der Waals surface area contributed by atoms with Crippen LogP contribution in [0.4, 0.5) is 4.39 Å². The fourth-order valence-electron chi connectivity index (χ4n) is 1.62. The Bertz CT molecular complexity index is 511. The van der Waals surface area contributed by atoms with Crippen molar-refractivity contribution in [2.75, 3.05) is 0 Å². The summed E-state index contributed by atoms with van der Waals surface area (Å²) in [6.07, 6.45) is 0. The van der Waals surface area contributed by atoms with Gasteiger partial charge in [0.15, 0.2) is 0 Å². The van der Waals surface area contributed by atoms with E-state index >= 15 is 0 Å². The van der Waals surface area contributed by atoms with E-state index < -0.39 is 10.8 Å². The van der Waals surface area contributed by atoms with E-state index in [1.165, 1.54) is 12.1 Å². The molecule has 17 heavy (non-hydrogen) atoms. The Labute approximate surface area is 103 Å². The molecule has 2 aromatic carbocycles. The van der Waals surface area contributed by atoms with Crippen molar-refractivity contribution in [1.82, 2.24) is 0 Å². The van der Waals surface area contributed by atoms with Crippen LogP contribution in [0.3, 0.4) is 0 Å². The largest absolute Gasteiger partial charge is 0.259 e. The zero-order valence-electron chi connectivity index (χ0n) is 9.30. The van der Waals surface area contributed by atoms with E-state index in [2.05, 4.69) is 0 Å². The first-order valence-electron chi connectivity index (χ1n) is 5.37. The third-order valence-corrected chi connectivity index (χ3v) is 3.70. The van der Waals surface area contributed by atoms with Gasteiger partial charge in [0.1, 0.15) is 5.82 Å². The average Bonchev–Trinajstić information content (AvgIpc) is 2.30. The number of rotatable bonds is 4. The van der Waals surface area contributed by atoms with Gasteiger partial charge in [0.2, 0.25) is 0 Å². The predicted octanol–water partition coefficient (Wildman–Crippen LogP) is 3.27. The molecule has 0 aromatic heterocycles. The van der Waals surface area contributed by atoms with Crippen LogP contribution in [0.25, 0.3) is 0 Å². The van der Waals surface area contributed by atoms with Gasteiger partial charge in [0, 0.05) is 22.3 Å². The lowest BCUT2D eigenvalue weighted by Crippen LogP contribution is -1.99. The van der Waals surface area contributed by atoms with Crippen molar-refractivity contribution in [1.29, 1.82) is 0 Å².